The lowest BCUT2D eigenvalue weighted by Crippen LogP contribution is -2.48. The van der Waals surface area contributed by atoms with Crippen molar-refractivity contribution in [1.82, 2.24) is 4.90 Å². The lowest BCUT2D eigenvalue weighted by atomic mass is 10.1. The number of hydrogen-bond acceptors (Lipinski definition) is 3. The predicted octanol–water partition coefficient (Wildman–Crippen LogP) is 1.62. The Morgan fingerprint density at radius 2 is 1.71 bits per heavy atom. The van der Waals surface area contributed by atoms with Gasteiger partial charge >= 0.3 is 0 Å². The molecular formula is C11H21NO2. The van der Waals surface area contributed by atoms with E-state index in [2.05, 4.69) is 32.7 Å². The fraction of sp³-hybridized carbons (Fsp3) is 1.00. The van der Waals surface area contributed by atoms with Crippen LogP contribution in [0.15, 0.2) is 0 Å². The number of likely N-dealkylation sites (N-methyl/N-ethyl adjacent to an activating group) is 1. The molecule has 0 N–H and O–H groups in total. The summed E-state index contributed by atoms with van der Waals surface area (Å²) < 4.78 is 12.0. The van der Waals surface area contributed by atoms with Gasteiger partial charge in [0.15, 0.2) is 5.79 Å². The van der Waals surface area contributed by atoms with Gasteiger partial charge in [-0.25, -0.2) is 0 Å². The van der Waals surface area contributed by atoms with E-state index in [1.807, 2.05) is 0 Å². The van der Waals surface area contributed by atoms with Crippen LogP contribution in [0, 0.1) is 0 Å². The van der Waals surface area contributed by atoms with Gasteiger partial charge in [0.2, 0.25) is 0 Å². The minimum Gasteiger partial charge on any atom is -0.345 e. The smallest absolute Gasteiger partial charge is 0.183 e. The van der Waals surface area contributed by atoms with Gasteiger partial charge in [-0.3, -0.25) is 4.90 Å². The standard InChI is InChI=1S/C11H21NO2/c1-8-6-11(7-12(8)4)13-9(2)5-10(3)14-11/h8-10H,5-7H2,1-4H3/t8-,9?,10?,11?/m1/s1. The highest BCUT2D eigenvalue weighted by Gasteiger charge is 2.47. The number of likely N-dealkylation sites (tertiary alicyclic amines) is 1. The molecule has 0 aliphatic carbocycles. The molecule has 2 rings (SSSR count). The Balaban J connectivity index is 2.09. The van der Waals surface area contributed by atoms with Gasteiger partial charge in [-0.1, -0.05) is 0 Å². The molecule has 3 atom stereocenters. The first-order valence-corrected chi connectivity index (χ1v) is 5.57. The average Bonchev–Trinajstić information content (AvgIpc) is 2.23. The minimum absolute atomic E-state index is 0.314. The molecular weight excluding hydrogens is 178 g/mol. The van der Waals surface area contributed by atoms with Crippen LogP contribution in [-0.4, -0.2) is 42.5 Å². The molecule has 2 aliphatic rings. The van der Waals surface area contributed by atoms with E-state index >= 15 is 0 Å². The van der Waals surface area contributed by atoms with Crippen molar-refractivity contribution < 1.29 is 9.47 Å². The molecule has 0 radical (unpaired) electrons. The van der Waals surface area contributed by atoms with E-state index in [9.17, 15) is 0 Å². The molecule has 3 nitrogen and oxygen atoms in total. The third-order valence-electron chi connectivity index (χ3n) is 3.34. The molecule has 0 aromatic carbocycles. The Labute approximate surface area is 86.4 Å². The third kappa shape index (κ3) is 1.81. The van der Waals surface area contributed by atoms with Crippen molar-refractivity contribution in [2.24, 2.45) is 0 Å². The highest BCUT2D eigenvalue weighted by Crippen LogP contribution is 2.36. The lowest BCUT2D eigenvalue weighted by Gasteiger charge is -2.40. The summed E-state index contributed by atoms with van der Waals surface area (Å²) >= 11 is 0. The largest absolute Gasteiger partial charge is 0.345 e. The first-order chi connectivity index (χ1) is 6.51. The second-order valence-corrected chi connectivity index (χ2v) is 4.97. The summed E-state index contributed by atoms with van der Waals surface area (Å²) in [5.41, 5.74) is 0. The van der Waals surface area contributed by atoms with Crippen LogP contribution in [0.2, 0.25) is 0 Å². The fourth-order valence-electron chi connectivity index (χ4n) is 2.70. The summed E-state index contributed by atoms with van der Waals surface area (Å²) in [6.07, 6.45) is 2.67. The van der Waals surface area contributed by atoms with E-state index in [4.69, 9.17) is 9.47 Å². The third-order valence-corrected chi connectivity index (χ3v) is 3.34. The van der Waals surface area contributed by atoms with Gasteiger partial charge in [0.1, 0.15) is 0 Å². The quantitative estimate of drug-likeness (QED) is 0.592. The van der Waals surface area contributed by atoms with Gasteiger partial charge in [-0.05, 0) is 34.2 Å². The molecule has 2 fully saturated rings. The highest BCUT2D eigenvalue weighted by atomic mass is 16.7. The minimum atomic E-state index is -0.314. The highest BCUT2D eigenvalue weighted by molar-refractivity contribution is 4.91. The summed E-state index contributed by atoms with van der Waals surface area (Å²) in [5, 5.41) is 0. The average molecular weight is 199 g/mol. The van der Waals surface area contributed by atoms with E-state index in [0.717, 1.165) is 19.4 Å². The maximum Gasteiger partial charge on any atom is 0.183 e. The SMILES string of the molecule is CC1CC(C)OC2(C[C@@H](C)N(C)C2)O1. The van der Waals surface area contributed by atoms with Crippen molar-refractivity contribution in [3.05, 3.63) is 0 Å². The molecule has 0 saturated carbocycles. The monoisotopic (exact) mass is 199 g/mol. The summed E-state index contributed by atoms with van der Waals surface area (Å²) in [6.45, 7) is 7.42. The van der Waals surface area contributed by atoms with Crippen LogP contribution in [0.3, 0.4) is 0 Å². The summed E-state index contributed by atoms with van der Waals surface area (Å²) in [6, 6.07) is 0.562. The number of rotatable bonds is 0. The van der Waals surface area contributed by atoms with Crippen LogP contribution in [0.1, 0.15) is 33.6 Å². The molecule has 1 spiro atoms. The first kappa shape index (κ1) is 10.4. The summed E-state index contributed by atoms with van der Waals surface area (Å²) in [4.78, 5) is 2.31. The maximum atomic E-state index is 5.98. The van der Waals surface area contributed by atoms with E-state index in [0.29, 0.717) is 18.2 Å². The van der Waals surface area contributed by atoms with Crippen molar-refractivity contribution in [3.63, 3.8) is 0 Å². The second-order valence-electron chi connectivity index (χ2n) is 4.97. The van der Waals surface area contributed by atoms with Gasteiger partial charge in [0, 0.05) is 12.5 Å². The Morgan fingerprint density at radius 3 is 2.14 bits per heavy atom. The predicted molar refractivity (Wildman–Crippen MR) is 55.2 cm³/mol. The Hall–Kier alpha value is -0.120. The topological polar surface area (TPSA) is 21.7 Å². The molecule has 3 heteroatoms. The van der Waals surface area contributed by atoms with Gasteiger partial charge in [0.05, 0.1) is 18.8 Å². The van der Waals surface area contributed by atoms with Crippen LogP contribution >= 0.6 is 0 Å². The van der Waals surface area contributed by atoms with E-state index in [1.54, 1.807) is 0 Å². The van der Waals surface area contributed by atoms with E-state index < -0.39 is 0 Å². The van der Waals surface area contributed by atoms with Crippen LogP contribution in [0.25, 0.3) is 0 Å². The zero-order valence-corrected chi connectivity index (χ0v) is 9.62. The van der Waals surface area contributed by atoms with E-state index in [1.165, 1.54) is 0 Å². The van der Waals surface area contributed by atoms with E-state index in [-0.39, 0.29) is 5.79 Å². The molecule has 0 aromatic heterocycles. The molecule has 82 valence electrons. The van der Waals surface area contributed by atoms with Gasteiger partial charge in [-0.15, -0.1) is 0 Å². The molecule has 2 aliphatic heterocycles. The van der Waals surface area contributed by atoms with Crippen molar-refractivity contribution in [2.75, 3.05) is 13.6 Å². The molecule has 0 bridgehead atoms. The number of nitrogens with zero attached hydrogens (tertiary/aromatic N) is 1. The van der Waals surface area contributed by atoms with Crippen molar-refractivity contribution in [3.8, 4) is 0 Å². The number of ether oxygens (including phenoxy) is 2. The van der Waals surface area contributed by atoms with Crippen LogP contribution < -0.4 is 0 Å². The normalized spacial score (nSPS) is 50.1. The molecule has 2 unspecified atom stereocenters. The van der Waals surface area contributed by atoms with Crippen molar-refractivity contribution in [2.45, 2.75) is 57.6 Å². The molecule has 14 heavy (non-hydrogen) atoms. The van der Waals surface area contributed by atoms with Gasteiger partial charge < -0.3 is 9.47 Å². The second kappa shape index (κ2) is 3.47. The van der Waals surface area contributed by atoms with Gasteiger partial charge in [-0.2, -0.15) is 0 Å². The Morgan fingerprint density at radius 1 is 1.14 bits per heavy atom. The molecule has 2 saturated heterocycles. The molecule has 0 amide bonds. The molecule has 2 heterocycles. The Kier molecular flexibility index (Phi) is 2.58. The summed E-state index contributed by atoms with van der Waals surface area (Å²) in [5.74, 6) is -0.314. The maximum absolute atomic E-state index is 5.98. The number of hydrogen-bond donors (Lipinski definition) is 0. The van der Waals surface area contributed by atoms with Crippen LogP contribution in [-0.2, 0) is 9.47 Å². The van der Waals surface area contributed by atoms with Crippen molar-refractivity contribution in [1.29, 1.82) is 0 Å². The molecule has 0 aromatic rings. The van der Waals surface area contributed by atoms with Gasteiger partial charge in [0.25, 0.3) is 0 Å². The fourth-order valence-corrected chi connectivity index (χ4v) is 2.70. The Bertz CT molecular complexity index is 190. The zero-order chi connectivity index (χ0) is 10.3. The van der Waals surface area contributed by atoms with Crippen LogP contribution in [0.4, 0.5) is 0 Å². The first-order valence-electron chi connectivity index (χ1n) is 5.57. The zero-order valence-electron chi connectivity index (χ0n) is 9.62. The van der Waals surface area contributed by atoms with Crippen molar-refractivity contribution >= 4 is 0 Å². The van der Waals surface area contributed by atoms with Crippen LogP contribution in [0.5, 0.6) is 0 Å². The summed E-state index contributed by atoms with van der Waals surface area (Å²) in [7, 11) is 2.13. The lowest BCUT2D eigenvalue weighted by molar-refractivity contribution is -0.303.